The fourth-order valence-corrected chi connectivity index (χ4v) is 8.50. The molecule has 7 aliphatic rings. The second-order valence-electron chi connectivity index (χ2n) is 12.3. The van der Waals surface area contributed by atoms with Gasteiger partial charge in [0.15, 0.2) is 0 Å². The summed E-state index contributed by atoms with van der Waals surface area (Å²) in [7, 11) is 0. The summed E-state index contributed by atoms with van der Waals surface area (Å²) in [6.45, 7) is 3.13. The number of anilines is 1. The van der Waals surface area contributed by atoms with Gasteiger partial charge in [0.25, 0.3) is 17.6 Å². The van der Waals surface area contributed by atoms with Crippen LogP contribution in [0.15, 0.2) is 23.0 Å². The van der Waals surface area contributed by atoms with Gasteiger partial charge in [-0.1, -0.05) is 5.16 Å². The highest BCUT2D eigenvalue weighted by Crippen LogP contribution is 2.56. The zero-order valence-corrected chi connectivity index (χ0v) is 20.8. The lowest BCUT2D eigenvalue weighted by Crippen LogP contribution is -2.59. The number of piperidine rings is 3. The minimum Gasteiger partial charge on any atom is -0.390 e. The molecule has 6 heterocycles. The third-order valence-electron chi connectivity index (χ3n) is 9.97. The molecule has 3 aliphatic heterocycles. The molecule has 0 spiro atoms. The topological polar surface area (TPSA) is 132 Å². The fraction of sp³-hybridized carbons (Fsp3) is 0.630. The van der Waals surface area contributed by atoms with Crippen LogP contribution in [0, 0.1) is 23.7 Å². The Labute approximate surface area is 214 Å². The monoisotopic (exact) mass is 503 g/mol. The van der Waals surface area contributed by atoms with Crippen molar-refractivity contribution in [2.75, 3.05) is 25.0 Å². The Balaban J connectivity index is 1.08. The molecule has 0 radical (unpaired) electrons. The molecular formula is C27H33N7O3. The van der Waals surface area contributed by atoms with Crippen molar-refractivity contribution >= 4 is 22.6 Å². The molecule has 4 saturated carbocycles. The van der Waals surface area contributed by atoms with Gasteiger partial charge in [-0.05, 0) is 87.8 Å². The Morgan fingerprint density at radius 1 is 1.16 bits per heavy atom. The van der Waals surface area contributed by atoms with Crippen LogP contribution in [0.1, 0.15) is 55.6 Å². The lowest BCUT2D eigenvalue weighted by molar-refractivity contribution is -0.129. The van der Waals surface area contributed by atoms with Gasteiger partial charge in [-0.25, -0.2) is 4.98 Å². The molecule has 10 heteroatoms. The number of aliphatic hydroxyl groups is 1. The number of hydrogen-bond acceptors (Lipinski definition) is 8. The van der Waals surface area contributed by atoms with Crippen LogP contribution in [-0.4, -0.2) is 73.3 Å². The molecule has 3 aromatic heterocycles. The SMILES string of the molecule is O=C(NC1CN2CCC1CC2)c1noc(-c2cnc3[nH]ccc3c2N[C@H]2[C@@H]3CC4C[C@H]2C[C@@](O)(C4)C3)n1. The number of carbonyl (C=O) groups is 1. The summed E-state index contributed by atoms with van der Waals surface area (Å²) >= 11 is 0. The van der Waals surface area contributed by atoms with Gasteiger partial charge in [0.05, 0.1) is 16.9 Å². The van der Waals surface area contributed by atoms with Crippen LogP contribution in [0.3, 0.4) is 0 Å². The van der Waals surface area contributed by atoms with Crippen molar-refractivity contribution in [2.24, 2.45) is 23.7 Å². The Morgan fingerprint density at radius 3 is 2.70 bits per heavy atom. The summed E-state index contributed by atoms with van der Waals surface area (Å²) in [4.78, 5) is 27.7. The molecule has 3 aromatic rings. The number of nitrogens with one attached hydrogen (secondary N) is 3. The molecule has 6 atom stereocenters. The van der Waals surface area contributed by atoms with Crippen LogP contribution >= 0.6 is 0 Å². The maximum atomic E-state index is 13.0. The number of H-pyrrole nitrogens is 1. The molecule has 10 rings (SSSR count). The van der Waals surface area contributed by atoms with Gasteiger partial charge >= 0.3 is 0 Å². The number of hydrogen-bond donors (Lipinski definition) is 4. The highest BCUT2D eigenvalue weighted by molar-refractivity contribution is 5.97. The van der Waals surface area contributed by atoms with E-state index in [9.17, 15) is 9.90 Å². The summed E-state index contributed by atoms with van der Waals surface area (Å²) < 4.78 is 5.65. The molecule has 6 bridgehead atoms. The fourth-order valence-electron chi connectivity index (χ4n) is 8.50. The Kier molecular flexibility index (Phi) is 4.77. The van der Waals surface area contributed by atoms with E-state index in [1.54, 1.807) is 6.20 Å². The Bertz CT molecular complexity index is 1340. The molecule has 3 saturated heterocycles. The van der Waals surface area contributed by atoms with Crippen molar-refractivity contribution in [3.05, 3.63) is 24.3 Å². The minimum absolute atomic E-state index is 0.0587. The van der Waals surface area contributed by atoms with Crippen molar-refractivity contribution in [3.63, 3.8) is 0 Å². The summed E-state index contributed by atoms with van der Waals surface area (Å²) in [6, 6.07) is 2.42. The van der Waals surface area contributed by atoms with E-state index in [1.165, 1.54) is 0 Å². The van der Waals surface area contributed by atoms with Crippen molar-refractivity contribution in [2.45, 2.75) is 62.6 Å². The van der Waals surface area contributed by atoms with Gasteiger partial charge in [-0.15, -0.1) is 0 Å². The van der Waals surface area contributed by atoms with Crippen molar-refractivity contribution in [1.82, 2.24) is 30.3 Å². The van der Waals surface area contributed by atoms with E-state index in [4.69, 9.17) is 4.52 Å². The number of rotatable bonds is 5. The first-order valence-electron chi connectivity index (χ1n) is 13.8. The average Bonchev–Trinajstić information content (AvgIpc) is 3.56. The number of pyridine rings is 1. The Morgan fingerprint density at radius 2 is 1.97 bits per heavy atom. The molecule has 4 N–H and O–H groups in total. The third-order valence-corrected chi connectivity index (χ3v) is 9.97. The van der Waals surface area contributed by atoms with Gasteiger partial charge in [0.1, 0.15) is 5.65 Å². The number of fused-ring (bicyclic) bond motifs is 4. The van der Waals surface area contributed by atoms with E-state index in [2.05, 4.69) is 35.6 Å². The minimum atomic E-state index is -0.483. The van der Waals surface area contributed by atoms with Crippen molar-refractivity contribution < 1.29 is 14.4 Å². The van der Waals surface area contributed by atoms with E-state index in [0.29, 0.717) is 35.1 Å². The van der Waals surface area contributed by atoms with Crippen LogP contribution in [0.25, 0.3) is 22.5 Å². The second kappa shape index (κ2) is 8.01. The van der Waals surface area contributed by atoms with Crippen LogP contribution in [-0.2, 0) is 0 Å². The normalized spacial score (nSPS) is 37.8. The molecule has 194 valence electrons. The van der Waals surface area contributed by atoms with E-state index in [-0.39, 0.29) is 23.8 Å². The van der Waals surface area contributed by atoms with Crippen molar-refractivity contribution in [3.8, 4) is 11.5 Å². The number of aromatic nitrogens is 4. The number of amides is 1. The summed E-state index contributed by atoms with van der Waals surface area (Å²) in [6.07, 6.45) is 10.9. The molecule has 7 fully saturated rings. The molecule has 1 amide bonds. The summed E-state index contributed by atoms with van der Waals surface area (Å²) in [5.74, 6) is 2.11. The van der Waals surface area contributed by atoms with Crippen LogP contribution in [0.4, 0.5) is 5.69 Å². The van der Waals surface area contributed by atoms with E-state index in [1.807, 2.05) is 12.3 Å². The molecule has 0 aromatic carbocycles. The van der Waals surface area contributed by atoms with Crippen molar-refractivity contribution in [1.29, 1.82) is 0 Å². The molecule has 2 unspecified atom stereocenters. The maximum Gasteiger partial charge on any atom is 0.292 e. The molecule has 4 aliphatic carbocycles. The first kappa shape index (κ1) is 22.0. The smallest absolute Gasteiger partial charge is 0.292 e. The summed E-state index contributed by atoms with van der Waals surface area (Å²) in [5, 5.41) is 23.1. The predicted molar refractivity (Wildman–Crippen MR) is 136 cm³/mol. The summed E-state index contributed by atoms with van der Waals surface area (Å²) in [5.41, 5.74) is 1.91. The molecule has 37 heavy (non-hydrogen) atoms. The number of nitrogens with zero attached hydrogens (tertiary/aromatic N) is 4. The number of carbonyl (C=O) groups excluding carboxylic acids is 1. The predicted octanol–water partition coefficient (Wildman–Crippen LogP) is 2.79. The highest BCUT2D eigenvalue weighted by atomic mass is 16.5. The lowest BCUT2D eigenvalue weighted by atomic mass is 9.52. The van der Waals surface area contributed by atoms with Gasteiger partial charge in [0.2, 0.25) is 0 Å². The van der Waals surface area contributed by atoms with Gasteiger partial charge in [0, 0.05) is 36.4 Å². The largest absolute Gasteiger partial charge is 0.390 e. The highest BCUT2D eigenvalue weighted by Gasteiger charge is 2.55. The first-order valence-corrected chi connectivity index (χ1v) is 13.8. The van der Waals surface area contributed by atoms with E-state index in [0.717, 1.165) is 81.3 Å². The molecule has 10 nitrogen and oxygen atoms in total. The molecular weight excluding hydrogens is 470 g/mol. The second-order valence-corrected chi connectivity index (χ2v) is 12.3. The third kappa shape index (κ3) is 3.59. The quantitative estimate of drug-likeness (QED) is 0.418. The first-order chi connectivity index (χ1) is 18.0. The van der Waals surface area contributed by atoms with E-state index >= 15 is 0 Å². The van der Waals surface area contributed by atoms with E-state index < -0.39 is 5.60 Å². The van der Waals surface area contributed by atoms with Crippen LogP contribution in [0.2, 0.25) is 0 Å². The van der Waals surface area contributed by atoms with Gasteiger partial charge in [-0.3, -0.25) is 4.79 Å². The zero-order valence-electron chi connectivity index (χ0n) is 20.8. The Hall–Kier alpha value is -2.98. The van der Waals surface area contributed by atoms with Gasteiger partial charge in [-0.2, -0.15) is 4.98 Å². The van der Waals surface area contributed by atoms with Crippen LogP contribution < -0.4 is 10.6 Å². The van der Waals surface area contributed by atoms with Crippen LogP contribution in [0.5, 0.6) is 0 Å². The number of aromatic amines is 1. The standard InChI is InChI=1S/C27H33N7O3/c35-25(30-20-13-34-5-2-15(20)3-6-34)24-32-26(37-33-24)19-12-29-23-18(1-4-28-23)22(19)31-21-16-7-14-8-17(21)11-27(36,9-14)10-16/h1,4,12,14-17,20-21,36H,2-3,5-11,13H2,(H,30,35)(H2,28,29,31)/t14?,16-,17+,20?,21+,27-. The van der Waals surface area contributed by atoms with Gasteiger partial charge < -0.3 is 30.1 Å². The maximum absolute atomic E-state index is 13.0. The lowest BCUT2D eigenvalue weighted by Gasteiger charge is -2.58. The zero-order chi connectivity index (χ0) is 24.7. The average molecular weight is 504 g/mol.